The second kappa shape index (κ2) is 6.22. The highest BCUT2D eigenvalue weighted by Crippen LogP contribution is 2.19. The number of hydrogen-bond donors (Lipinski definition) is 1. The van der Waals surface area contributed by atoms with Gasteiger partial charge in [-0.3, -0.25) is 4.79 Å². The molecule has 2 aromatic carbocycles. The van der Waals surface area contributed by atoms with E-state index in [9.17, 15) is 4.79 Å². The maximum absolute atomic E-state index is 12.2. The lowest BCUT2D eigenvalue weighted by molar-refractivity contribution is 0.102. The van der Waals surface area contributed by atoms with Crippen molar-refractivity contribution >= 4 is 11.7 Å². The summed E-state index contributed by atoms with van der Waals surface area (Å²) in [5.74, 6) is 0.412. The number of amides is 1. The minimum absolute atomic E-state index is 0.155. The van der Waals surface area contributed by atoms with Crippen molar-refractivity contribution in [3.8, 4) is 11.1 Å². The molecule has 3 rings (SSSR count). The number of aryl methyl sites for hydroxylation is 1. The summed E-state index contributed by atoms with van der Waals surface area (Å²) >= 11 is 0. The van der Waals surface area contributed by atoms with Crippen molar-refractivity contribution in [2.24, 2.45) is 0 Å². The highest BCUT2D eigenvalue weighted by Gasteiger charge is 2.07. The molecule has 108 valence electrons. The van der Waals surface area contributed by atoms with Crippen molar-refractivity contribution in [3.05, 3.63) is 84.1 Å². The van der Waals surface area contributed by atoms with Crippen molar-refractivity contribution < 1.29 is 4.79 Å². The molecule has 1 amide bonds. The Bertz CT molecular complexity index is 780. The molecule has 0 spiro atoms. The largest absolute Gasteiger partial charge is 0.307 e. The van der Waals surface area contributed by atoms with Gasteiger partial charge in [-0.25, -0.2) is 4.98 Å². The lowest BCUT2D eigenvalue weighted by Crippen LogP contribution is -2.12. The third kappa shape index (κ3) is 3.20. The Balaban J connectivity index is 1.76. The number of nitrogens with zero attached hydrogens (tertiary/aromatic N) is 1. The molecular formula is C19H16N2O. The SMILES string of the molecule is Cc1ccnc(NC(=O)c2ccc(-c3ccccc3)cc2)c1. The molecule has 0 atom stereocenters. The molecule has 0 unspecified atom stereocenters. The van der Waals surface area contributed by atoms with E-state index in [1.165, 1.54) is 0 Å². The van der Waals surface area contributed by atoms with E-state index < -0.39 is 0 Å². The second-order valence-corrected chi connectivity index (χ2v) is 5.12. The lowest BCUT2D eigenvalue weighted by Gasteiger charge is -2.06. The molecule has 1 heterocycles. The predicted octanol–water partition coefficient (Wildman–Crippen LogP) is 4.31. The average Bonchev–Trinajstić information content (AvgIpc) is 2.56. The molecule has 0 bridgehead atoms. The summed E-state index contributed by atoms with van der Waals surface area (Å²) in [6, 6.07) is 21.4. The molecule has 0 aliphatic carbocycles. The Hall–Kier alpha value is -2.94. The van der Waals surface area contributed by atoms with Crippen molar-refractivity contribution in [2.75, 3.05) is 5.32 Å². The number of rotatable bonds is 3. The Kier molecular flexibility index (Phi) is 3.97. The van der Waals surface area contributed by atoms with Crippen LogP contribution in [0.3, 0.4) is 0 Å². The predicted molar refractivity (Wildman–Crippen MR) is 88.8 cm³/mol. The van der Waals surface area contributed by atoms with Gasteiger partial charge in [0.25, 0.3) is 5.91 Å². The molecule has 0 saturated heterocycles. The van der Waals surface area contributed by atoms with Crippen LogP contribution in [0.4, 0.5) is 5.82 Å². The summed E-state index contributed by atoms with van der Waals surface area (Å²) < 4.78 is 0. The Morgan fingerprint density at radius 2 is 1.59 bits per heavy atom. The number of hydrogen-bond acceptors (Lipinski definition) is 2. The second-order valence-electron chi connectivity index (χ2n) is 5.12. The first-order valence-corrected chi connectivity index (χ1v) is 7.12. The summed E-state index contributed by atoms with van der Waals surface area (Å²) in [4.78, 5) is 16.4. The van der Waals surface area contributed by atoms with Crippen molar-refractivity contribution in [2.45, 2.75) is 6.92 Å². The average molecular weight is 288 g/mol. The van der Waals surface area contributed by atoms with Gasteiger partial charge in [-0.15, -0.1) is 0 Å². The minimum atomic E-state index is -0.155. The van der Waals surface area contributed by atoms with Crippen LogP contribution in [0.25, 0.3) is 11.1 Å². The van der Waals surface area contributed by atoms with Crippen molar-refractivity contribution in [3.63, 3.8) is 0 Å². The van der Waals surface area contributed by atoms with E-state index in [-0.39, 0.29) is 5.91 Å². The van der Waals surface area contributed by atoms with Crippen LogP contribution in [-0.2, 0) is 0 Å². The summed E-state index contributed by atoms with van der Waals surface area (Å²) in [7, 11) is 0. The normalized spacial score (nSPS) is 10.2. The quantitative estimate of drug-likeness (QED) is 0.780. The van der Waals surface area contributed by atoms with Crippen molar-refractivity contribution in [1.82, 2.24) is 4.98 Å². The first-order chi connectivity index (χ1) is 10.7. The zero-order valence-corrected chi connectivity index (χ0v) is 12.3. The first-order valence-electron chi connectivity index (χ1n) is 7.12. The van der Waals surface area contributed by atoms with Gasteiger partial charge in [0.1, 0.15) is 5.82 Å². The fraction of sp³-hybridized carbons (Fsp3) is 0.0526. The zero-order valence-electron chi connectivity index (χ0n) is 12.3. The molecule has 22 heavy (non-hydrogen) atoms. The third-order valence-corrected chi connectivity index (χ3v) is 3.41. The topological polar surface area (TPSA) is 42.0 Å². The Morgan fingerprint density at radius 3 is 2.27 bits per heavy atom. The van der Waals surface area contributed by atoms with Gasteiger partial charge in [0.15, 0.2) is 0 Å². The number of carbonyl (C=O) groups is 1. The van der Waals surface area contributed by atoms with E-state index in [1.54, 1.807) is 6.20 Å². The molecule has 0 aliphatic heterocycles. The van der Waals surface area contributed by atoms with Crippen LogP contribution in [0.5, 0.6) is 0 Å². The molecule has 0 fully saturated rings. The van der Waals surface area contributed by atoms with Crippen LogP contribution in [0.2, 0.25) is 0 Å². The van der Waals surface area contributed by atoms with Gasteiger partial charge in [0.05, 0.1) is 0 Å². The highest BCUT2D eigenvalue weighted by molar-refractivity contribution is 6.04. The van der Waals surface area contributed by atoms with Gasteiger partial charge < -0.3 is 5.32 Å². The van der Waals surface area contributed by atoms with Gasteiger partial charge in [-0.05, 0) is 47.9 Å². The van der Waals surface area contributed by atoms with Gasteiger partial charge in [-0.1, -0.05) is 42.5 Å². The number of pyridine rings is 1. The zero-order chi connectivity index (χ0) is 15.4. The molecule has 3 heteroatoms. The molecular weight excluding hydrogens is 272 g/mol. The van der Waals surface area contributed by atoms with Gasteiger partial charge in [0.2, 0.25) is 0 Å². The molecule has 0 aliphatic rings. The van der Waals surface area contributed by atoms with Crippen LogP contribution in [0.1, 0.15) is 15.9 Å². The first kappa shape index (κ1) is 14.0. The molecule has 1 aromatic heterocycles. The number of nitrogens with one attached hydrogen (secondary N) is 1. The van der Waals surface area contributed by atoms with E-state index in [1.807, 2.05) is 73.7 Å². The summed E-state index contributed by atoms with van der Waals surface area (Å²) in [5.41, 5.74) is 3.90. The maximum atomic E-state index is 12.2. The Labute approximate surface area is 129 Å². The van der Waals surface area contributed by atoms with E-state index in [0.717, 1.165) is 16.7 Å². The van der Waals surface area contributed by atoms with Crippen molar-refractivity contribution in [1.29, 1.82) is 0 Å². The van der Waals surface area contributed by atoms with E-state index in [2.05, 4.69) is 10.3 Å². The number of aromatic nitrogens is 1. The van der Waals surface area contributed by atoms with Gasteiger partial charge >= 0.3 is 0 Å². The monoisotopic (exact) mass is 288 g/mol. The molecule has 1 N–H and O–H groups in total. The summed E-state index contributed by atoms with van der Waals surface area (Å²) in [6.45, 7) is 1.96. The lowest BCUT2D eigenvalue weighted by atomic mass is 10.0. The van der Waals surface area contributed by atoms with E-state index in [0.29, 0.717) is 11.4 Å². The smallest absolute Gasteiger partial charge is 0.256 e. The van der Waals surface area contributed by atoms with Crippen LogP contribution in [0, 0.1) is 6.92 Å². The molecule has 3 aromatic rings. The minimum Gasteiger partial charge on any atom is -0.307 e. The number of benzene rings is 2. The fourth-order valence-electron chi connectivity index (χ4n) is 2.24. The van der Waals surface area contributed by atoms with Crippen LogP contribution in [0.15, 0.2) is 72.9 Å². The number of carbonyl (C=O) groups excluding carboxylic acids is 1. The molecule has 3 nitrogen and oxygen atoms in total. The Morgan fingerprint density at radius 1 is 0.909 bits per heavy atom. The van der Waals surface area contributed by atoms with Crippen LogP contribution in [-0.4, -0.2) is 10.9 Å². The summed E-state index contributed by atoms with van der Waals surface area (Å²) in [6.07, 6.45) is 1.68. The van der Waals surface area contributed by atoms with Gasteiger partial charge in [0, 0.05) is 11.8 Å². The standard InChI is InChI=1S/C19H16N2O/c1-14-11-12-20-18(13-14)21-19(22)17-9-7-16(8-10-17)15-5-3-2-4-6-15/h2-13H,1H3,(H,20,21,22). The van der Waals surface area contributed by atoms with E-state index in [4.69, 9.17) is 0 Å². The van der Waals surface area contributed by atoms with E-state index >= 15 is 0 Å². The van der Waals surface area contributed by atoms with Gasteiger partial charge in [-0.2, -0.15) is 0 Å². The maximum Gasteiger partial charge on any atom is 0.256 e. The molecule has 0 radical (unpaired) electrons. The third-order valence-electron chi connectivity index (χ3n) is 3.41. The van der Waals surface area contributed by atoms with Crippen LogP contribution < -0.4 is 5.32 Å². The highest BCUT2D eigenvalue weighted by atomic mass is 16.1. The fourth-order valence-corrected chi connectivity index (χ4v) is 2.24. The number of anilines is 1. The molecule has 0 saturated carbocycles. The van der Waals surface area contributed by atoms with Crippen LogP contribution >= 0.6 is 0 Å². The summed E-state index contributed by atoms with van der Waals surface area (Å²) in [5, 5.41) is 2.81.